The monoisotopic (exact) mass is 360 g/mol. The lowest BCUT2D eigenvalue weighted by Gasteiger charge is -2.12. The molecule has 0 atom stereocenters. The maximum atomic E-state index is 5.08. The van der Waals surface area contributed by atoms with Crippen molar-refractivity contribution in [3.05, 3.63) is 59.2 Å². The summed E-state index contributed by atoms with van der Waals surface area (Å²) in [7, 11) is 4.14. The molecule has 27 heavy (non-hydrogen) atoms. The molecule has 4 nitrogen and oxygen atoms in total. The molecule has 1 aliphatic heterocycles. The number of aryl methyl sites for hydroxylation is 2. The third kappa shape index (κ3) is 3.32. The number of aromatic nitrogens is 2. The highest BCUT2D eigenvalue weighted by molar-refractivity contribution is 5.73. The molecule has 0 aliphatic carbocycles. The van der Waals surface area contributed by atoms with E-state index >= 15 is 0 Å². The molecule has 0 saturated heterocycles. The molecular weight excluding hydrogens is 332 g/mol. The highest BCUT2D eigenvalue weighted by Crippen LogP contribution is 2.35. The molecule has 0 saturated carbocycles. The van der Waals surface area contributed by atoms with E-state index in [2.05, 4.69) is 85.3 Å². The lowest BCUT2D eigenvalue weighted by Crippen LogP contribution is -2.08. The van der Waals surface area contributed by atoms with Crippen LogP contribution in [-0.2, 0) is 6.42 Å². The highest BCUT2D eigenvalue weighted by atomic mass is 15.3. The molecule has 4 heteroatoms. The van der Waals surface area contributed by atoms with Crippen molar-refractivity contribution < 1.29 is 0 Å². The van der Waals surface area contributed by atoms with Crippen LogP contribution < -0.4 is 10.2 Å². The SMILES string of the molecule is Cc1ccc(-n2nc(-c3ccc(N(C)C)cc3)c3c2NCCCC3)c(C)c1. The van der Waals surface area contributed by atoms with Gasteiger partial charge in [-0.1, -0.05) is 29.8 Å². The summed E-state index contributed by atoms with van der Waals surface area (Å²) in [5, 5.41) is 8.73. The Morgan fingerprint density at radius 2 is 1.78 bits per heavy atom. The van der Waals surface area contributed by atoms with Crippen molar-refractivity contribution in [2.24, 2.45) is 0 Å². The van der Waals surface area contributed by atoms with Crippen LogP contribution in [0.1, 0.15) is 29.5 Å². The number of nitrogens with one attached hydrogen (secondary N) is 1. The van der Waals surface area contributed by atoms with Crippen LogP contribution in [0.15, 0.2) is 42.5 Å². The van der Waals surface area contributed by atoms with Gasteiger partial charge in [-0.2, -0.15) is 5.10 Å². The predicted octanol–water partition coefficient (Wildman–Crippen LogP) is 4.97. The van der Waals surface area contributed by atoms with E-state index in [1.165, 1.54) is 40.8 Å². The van der Waals surface area contributed by atoms with Crippen molar-refractivity contribution >= 4 is 11.5 Å². The van der Waals surface area contributed by atoms with Gasteiger partial charge in [-0.3, -0.25) is 0 Å². The summed E-state index contributed by atoms with van der Waals surface area (Å²) in [5.41, 5.74) is 8.51. The fraction of sp³-hybridized carbons (Fsp3) is 0.348. The summed E-state index contributed by atoms with van der Waals surface area (Å²) < 4.78 is 2.12. The second-order valence-corrected chi connectivity index (χ2v) is 7.70. The van der Waals surface area contributed by atoms with Gasteiger partial charge in [0.15, 0.2) is 0 Å². The third-order valence-electron chi connectivity index (χ3n) is 5.37. The largest absolute Gasteiger partial charge is 0.378 e. The van der Waals surface area contributed by atoms with Crippen LogP contribution in [0.5, 0.6) is 0 Å². The summed E-state index contributed by atoms with van der Waals surface area (Å²) in [6.07, 6.45) is 3.46. The summed E-state index contributed by atoms with van der Waals surface area (Å²) in [4.78, 5) is 2.13. The summed E-state index contributed by atoms with van der Waals surface area (Å²) in [5.74, 6) is 1.16. The molecule has 2 heterocycles. The van der Waals surface area contributed by atoms with Crippen molar-refractivity contribution in [3.63, 3.8) is 0 Å². The molecule has 1 aliphatic rings. The van der Waals surface area contributed by atoms with E-state index in [-0.39, 0.29) is 0 Å². The number of fused-ring (bicyclic) bond motifs is 1. The van der Waals surface area contributed by atoms with Crippen molar-refractivity contribution in [2.75, 3.05) is 30.9 Å². The van der Waals surface area contributed by atoms with E-state index in [9.17, 15) is 0 Å². The molecule has 140 valence electrons. The maximum absolute atomic E-state index is 5.08. The average Bonchev–Trinajstić information content (AvgIpc) is 2.83. The lowest BCUT2D eigenvalue weighted by molar-refractivity contribution is 0.779. The van der Waals surface area contributed by atoms with Crippen LogP contribution in [-0.4, -0.2) is 30.4 Å². The van der Waals surface area contributed by atoms with Gasteiger partial charge in [0.25, 0.3) is 0 Å². The number of anilines is 2. The first-order valence-corrected chi connectivity index (χ1v) is 9.76. The Morgan fingerprint density at radius 1 is 1.00 bits per heavy atom. The van der Waals surface area contributed by atoms with Gasteiger partial charge in [-0.05, 0) is 56.9 Å². The normalized spacial score (nSPS) is 13.6. The maximum Gasteiger partial charge on any atom is 0.133 e. The minimum atomic E-state index is 1.00. The van der Waals surface area contributed by atoms with Gasteiger partial charge in [0.05, 0.1) is 11.4 Å². The summed E-state index contributed by atoms with van der Waals surface area (Å²) >= 11 is 0. The van der Waals surface area contributed by atoms with Gasteiger partial charge in [-0.25, -0.2) is 4.68 Å². The second-order valence-electron chi connectivity index (χ2n) is 7.70. The third-order valence-corrected chi connectivity index (χ3v) is 5.37. The molecule has 4 rings (SSSR count). The molecule has 1 N–H and O–H groups in total. The predicted molar refractivity (Wildman–Crippen MR) is 114 cm³/mol. The number of hydrogen-bond acceptors (Lipinski definition) is 3. The van der Waals surface area contributed by atoms with Gasteiger partial charge >= 0.3 is 0 Å². The quantitative estimate of drug-likeness (QED) is 0.716. The van der Waals surface area contributed by atoms with Gasteiger partial charge in [0.2, 0.25) is 0 Å². The van der Waals surface area contributed by atoms with Gasteiger partial charge in [-0.15, -0.1) is 0 Å². The summed E-state index contributed by atoms with van der Waals surface area (Å²) in [6, 6.07) is 15.3. The van der Waals surface area contributed by atoms with E-state index in [0.29, 0.717) is 0 Å². The van der Waals surface area contributed by atoms with E-state index in [1.54, 1.807) is 0 Å². The molecule has 0 amide bonds. The Bertz CT molecular complexity index is 951. The van der Waals surface area contributed by atoms with Gasteiger partial charge in [0.1, 0.15) is 5.82 Å². The van der Waals surface area contributed by atoms with E-state index in [0.717, 1.165) is 30.2 Å². The topological polar surface area (TPSA) is 33.1 Å². The van der Waals surface area contributed by atoms with E-state index < -0.39 is 0 Å². The smallest absolute Gasteiger partial charge is 0.133 e. The second kappa shape index (κ2) is 7.10. The zero-order valence-electron chi connectivity index (χ0n) is 16.7. The molecule has 1 aromatic heterocycles. The molecule has 0 radical (unpaired) electrons. The number of hydrogen-bond donors (Lipinski definition) is 1. The standard InChI is InChI=1S/C23H28N4/c1-16-8-13-21(17(2)15-16)27-23-20(7-5-6-14-24-23)22(25-27)18-9-11-19(12-10-18)26(3)4/h8-13,15,24H,5-7,14H2,1-4H3. The number of rotatable bonds is 3. The Balaban J connectivity index is 1.86. The van der Waals surface area contributed by atoms with Gasteiger partial charge < -0.3 is 10.2 Å². The molecule has 0 fully saturated rings. The molecule has 3 aromatic rings. The first-order chi connectivity index (χ1) is 13.0. The Morgan fingerprint density at radius 3 is 2.48 bits per heavy atom. The van der Waals surface area contributed by atoms with Crippen molar-refractivity contribution in [2.45, 2.75) is 33.1 Å². The molecule has 0 bridgehead atoms. The van der Waals surface area contributed by atoms with Gasteiger partial charge in [0, 0.05) is 37.5 Å². The van der Waals surface area contributed by atoms with Crippen molar-refractivity contribution in [1.82, 2.24) is 9.78 Å². The van der Waals surface area contributed by atoms with Crippen LogP contribution >= 0.6 is 0 Å². The van der Waals surface area contributed by atoms with Crippen molar-refractivity contribution in [1.29, 1.82) is 0 Å². The van der Waals surface area contributed by atoms with Crippen LogP contribution in [0.3, 0.4) is 0 Å². The lowest BCUT2D eigenvalue weighted by atomic mass is 10.0. The molecular formula is C23H28N4. The van der Waals surface area contributed by atoms with Crippen molar-refractivity contribution in [3.8, 4) is 16.9 Å². The average molecular weight is 361 g/mol. The minimum absolute atomic E-state index is 1.00. The fourth-order valence-electron chi connectivity index (χ4n) is 3.87. The van der Waals surface area contributed by atoms with Crippen LogP contribution in [0.25, 0.3) is 16.9 Å². The molecule has 0 spiro atoms. The van der Waals surface area contributed by atoms with E-state index in [4.69, 9.17) is 5.10 Å². The summed E-state index contributed by atoms with van der Waals surface area (Å²) in [6.45, 7) is 5.30. The van der Waals surface area contributed by atoms with Crippen LogP contribution in [0.4, 0.5) is 11.5 Å². The number of nitrogens with zero attached hydrogens (tertiary/aromatic N) is 3. The molecule has 2 aromatic carbocycles. The van der Waals surface area contributed by atoms with Crippen LogP contribution in [0, 0.1) is 13.8 Å². The number of benzene rings is 2. The Hall–Kier alpha value is -2.75. The zero-order valence-corrected chi connectivity index (χ0v) is 16.7. The Kier molecular flexibility index (Phi) is 4.65. The fourth-order valence-corrected chi connectivity index (χ4v) is 3.87. The first kappa shape index (κ1) is 17.7. The molecule has 0 unspecified atom stereocenters. The Labute approximate surface area is 161 Å². The van der Waals surface area contributed by atoms with E-state index in [1.807, 2.05) is 0 Å². The first-order valence-electron chi connectivity index (χ1n) is 9.76. The minimum Gasteiger partial charge on any atom is -0.378 e. The van der Waals surface area contributed by atoms with Crippen LogP contribution in [0.2, 0.25) is 0 Å². The zero-order chi connectivity index (χ0) is 19.0. The highest BCUT2D eigenvalue weighted by Gasteiger charge is 2.22.